The quantitative estimate of drug-likeness (QED) is 0.813. The maximum atomic E-state index is 12.4. The Morgan fingerprint density at radius 1 is 1.33 bits per heavy atom. The number of hydrogen-bond donors (Lipinski definition) is 2. The molecule has 0 saturated heterocycles. The van der Waals surface area contributed by atoms with Crippen LogP contribution in [-0.4, -0.2) is 24.0 Å². The van der Waals surface area contributed by atoms with E-state index >= 15 is 0 Å². The molecule has 0 saturated carbocycles. The average molecular weight is 369 g/mol. The van der Waals surface area contributed by atoms with Crippen LogP contribution in [0.3, 0.4) is 0 Å². The van der Waals surface area contributed by atoms with Crippen molar-refractivity contribution in [2.45, 2.75) is 6.92 Å². The zero-order valence-electron chi connectivity index (χ0n) is 11.4. The summed E-state index contributed by atoms with van der Waals surface area (Å²) in [7, 11) is 1.61. The van der Waals surface area contributed by atoms with Gasteiger partial charge in [-0.1, -0.05) is 0 Å². The Bertz CT molecular complexity index is 708. The summed E-state index contributed by atoms with van der Waals surface area (Å²) in [6, 6.07) is 6.10. The number of halogens is 1. The van der Waals surface area contributed by atoms with Gasteiger partial charge in [-0.15, -0.1) is 11.3 Å². The highest BCUT2D eigenvalue weighted by molar-refractivity contribution is 9.11. The molecule has 0 bridgehead atoms. The number of carbonyl (C=O) groups excluding carboxylic acids is 1. The monoisotopic (exact) mass is 368 g/mol. The highest BCUT2D eigenvalue weighted by Crippen LogP contribution is 2.30. The maximum Gasteiger partial charge on any atom is 0.335 e. The first-order valence-corrected chi connectivity index (χ1v) is 7.59. The summed E-state index contributed by atoms with van der Waals surface area (Å²) >= 11 is 4.74. The molecule has 0 unspecified atom stereocenters. The average Bonchev–Trinajstić information content (AvgIpc) is 2.77. The second-order valence-corrected chi connectivity index (χ2v) is 6.88. The molecule has 0 atom stereocenters. The van der Waals surface area contributed by atoms with Gasteiger partial charge in [0, 0.05) is 7.05 Å². The molecular weight excluding hydrogens is 356 g/mol. The van der Waals surface area contributed by atoms with Gasteiger partial charge in [0.2, 0.25) is 0 Å². The van der Waals surface area contributed by atoms with Crippen LogP contribution in [0, 0.1) is 6.92 Å². The molecule has 0 fully saturated rings. The number of anilines is 2. The number of carbonyl (C=O) groups is 2. The number of nitrogens with two attached hydrogens (primary N) is 1. The Balaban J connectivity index is 2.33. The number of carboxylic acid groups (broad SMARTS) is 1. The fourth-order valence-corrected chi connectivity index (χ4v) is 3.34. The lowest BCUT2D eigenvalue weighted by molar-refractivity contribution is 0.0697. The van der Waals surface area contributed by atoms with Gasteiger partial charge in [0.15, 0.2) is 0 Å². The molecule has 0 aliphatic heterocycles. The molecule has 2 rings (SSSR count). The number of amides is 1. The Labute approximate surface area is 134 Å². The van der Waals surface area contributed by atoms with Crippen LogP contribution >= 0.6 is 27.3 Å². The molecule has 3 N–H and O–H groups in total. The first-order chi connectivity index (χ1) is 9.81. The van der Waals surface area contributed by atoms with Crippen molar-refractivity contribution in [2.24, 2.45) is 0 Å². The van der Waals surface area contributed by atoms with Crippen LogP contribution in [0.25, 0.3) is 0 Å². The van der Waals surface area contributed by atoms with Crippen molar-refractivity contribution in [3.05, 3.63) is 44.1 Å². The fourth-order valence-electron chi connectivity index (χ4n) is 1.83. The zero-order valence-corrected chi connectivity index (χ0v) is 13.8. The van der Waals surface area contributed by atoms with E-state index in [1.807, 2.05) is 6.92 Å². The van der Waals surface area contributed by atoms with E-state index in [4.69, 9.17) is 10.8 Å². The number of rotatable bonds is 3. The molecule has 0 spiro atoms. The Morgan fingerprint density at radius 2 is 2.00 bits per heavy atom. The van der Waals surface area contributed by atoms with Gasteiger partial charge in [0.05, 0.1) is 25.6 Å². The maximum absolute atomic E-state index is 12.4. The number of carboxylic acids is 1. The Hall–Kier alpha value is -1.86. The molecule has 1 aromatic heterocycles. The summed E-state index contributed by atoms with van der Waals surface area (Å²) in [5.74, 6) is -1.25. The van der Waals surface area contributed by atoms with Crippen LogP contribution < -0.4 is 10.6 Å². The van der Waals surface area contributed by atoms with E-state index in [0.717, 1.165) is 9.35 Å². The first kappa shape index (κ1) is 15.5. The van der Waals surface area contributed by atoms with Crippen molar-refractivity contribution in [3.63, 3.8) is 0 Å². The van der Waals surface area contributed by atoms with E-state index in [1.54, 1.807) is 13.1 Å². The van der Waals surface area contributed by atoms with Crippen LogP contribution in [0.4, 0.5) is 11.4 Å². The molecular formula is C14H13BrN2O3S. The topological polar surface area (TPSA) is 83.6 Å². The lowest BCUT2D eigenvalue weighted by Crippen LogP contribution is -2.26. The smallest absolute Gasteiger partial charge is 0.335 e. The van der Waals surface area contributed by atoms with E-state index in [0.29, 0.717) is 10.6 Å². The van der Waals surface area contributed by atoms with Crippen molar-refractivity contribution >= 4 is 50.5 Å². The third-order valence-corrected chi connectivity index (χ3v) is 5.13. The first-order valence-electron chi connectivity index (χ1n) is 5.98. The fraction of sp³-hybridized carbons (Fsp3) is 0.143. The van der Waals surface area contributed by atoms with Crippen LogP contribution in [-0.2, 0) is 0 Å². The number of thiophene rings is 1. The molecule has 0 radical (unpaired) electrons. The van der Waals surface area contributed by atoms with Gasteiger partial charge in [0.1, 0.15) is 0 Å². The van der Waals surface area contributed by atoms with Crippen molar-refractivity contribution < 1.29 is 14.7 Å². The normalized spacial score (nSPS) is 10.4. The molecule has 5 nitrogen and oxygen atoms in total. The van der Waals surface area contributed by atoms with Crippen molar-refractivity contribution in [1.82, 2.24) is 0 Å². The third-order valence-electron chi connectivity index (χ3n) is 3.01. The summed E-state index contributed by atoms with van der Waals surface area (Å²) in [6.07, 6.45) is 0. The lowest BCUT2D eigenvalue weighted by Gasteiger charge is -2.18. The van der Waals surface area contributed by atoms with Gasteiger partial charge in [0.25, 0.3) is 5.91 Å². The van der Waals surface area contributed by atoms with Gasteiger partial charge in [-0.05, 0) is 52.7 Å². The highest BCUT2D eigenvalue weighted by Gasteiger charge is 2.19. The van der Waals surface area contributed by atoms with Crippen molar-refractivity contribution in [2.75, 3.05) is 17.7 Å². The van der Waals surface area contributed by atoms with E-state index < -0.39 is 5.97 Å². The molecule has 7 heteroatoms. The predicted octanol–water partition coefficient (Wildman–Crippen LogP) is 3.38. The van der Waals surface area contributed by atoms with E-state index in [9.17, 15) is 9.59 Å². The van der Waals surface area contributed by atoms with Crippen molar-refractivity contribution in [3.8, 4) is 0 Å². The number of nitrogens with zero attached hydrogens (tertiary/aromatic N) is 1. The van der Waals surface area contributed by atoms with Gasteiger partial charge in [-0.25, -0.2) is 4.79 Å². The summed E-state index contributed by atoms with van der Waals surface area (Å²) in [5, 5.41) is 8.92. The SMILES string of the molecule is Cc1cc(C(=O)N(C)c2ccc(C(=O)O)cc2N)sc1Br. The summed E-state index contributed by atoms with van der Waals surface area (Å²) < 4.78 is 0.911. The third kappa shape index (κ3) is 3.08. The number of aromatic carboxylic acids is 1. The second-order valence-electron chi connectivity index (χ2n) is 4.51. The van der Waals surface area contributed by atoms with E-state index in [2.05, 4.69) is 15.9 Å². The van der Waals surface area contributed by atoms with Gasteiger partial charge >= 0.3 is 5.97 Å². The molecule has 1 amide bonds. The number of nitrogen functional groups attached to an aromatic ring is 1. The molecule has 1 heterocycles. The van der Waals surface area contributed by atoms with Gasteiger partial charge in [-0.3, -0.25) is 4.79 Å². The molecule has 2 aromatic rings. The summed E-state index contributed by atoms with van der Waals surface area (Å²) in [4.78, 5) is 25.3. The highest BCUT2D eigenvalue weighted by atomic mass is 79.9. The lowest BCUT2D eigenvalue weighted by atomic mass is 10.1. The number of hydrogen-bond acceptors (Lipinski definition) is 4. The number of benzene rings is 1. The predicted molar refractivity (Wildman–Crippen MR) is 87.3 cm³/mol. The zero-order chi connectivity index (χ0) is 15.7. The minimum absolute atomic E-state index is 0.0896. The molecule has 21 heavy (non-hydrogen) atoms. The van der Waals surface area contributed by atoms with E-state index in [-0.39, 0.29) is 17.2 Å². The Kier molecular flexibility index (Phi) is 4.34. The minimum atomic E-state index is -1.06. The van der Waals surface area contributed by atoms with Gasteiger partial charge in [-0.2, -0.15) is 0 Å². The molecule has 110 valence electrons. The largest absolute Gasteiger partial charge is 0.478 e. The number of aryl methyl sites for hydroxylation is 1. The van der Waals surface area contributed by atoms with Crippen LogP contribution in [0.5, 0.6) is 0 Å². The summed E-state index contributed by atoms with van der Waals surface area (Å²) in [6.45, 7) is 1.91. The molecule has 0 aliphatic carbocycles. The standard InChI is InChI=1S/C14H13BrN2O3S/c1-7-5-11(21-12(7)15)13(18)17(2)10-4-3-8(14(19)20)6-9(10)16/h3-6H,16H2,1-2H3,(H,19,20). The molecule has 0 aliphatic rings. The van der Waals surface area contributed by atoms with Crippen LogP contribution in [0.1, 0.15) is 25.6 Å². The van der Waals surface area contributed by atoms with Crippen LogP contribution in [0.2, 0.25) is 0 Å². The second kappa shape index (κ2) is 5.87. The van der Waals surface area contributed by atoms with Crippen LogP contribution in [0.15, 0.2) is 28.1 Å². The Morgan fingerprint density at radius 3 is 2.48 bits per heavy atom. The minimum Gasteiger partial charge on any atom is -0.478 e. The van der Waals surface area contributed by atoms with E-state index in [1.165, 1.54) is 34.4 Å². The van der Waals surface area contributed by atoms with Crippen molar-refractivity contribution in [1.29, 1.82) is 0 Å². The van der Waals surface area contributed by atoms with Gasteiger partial charge < -0.3 is 15.7 Å². The summed E-state index contributed by atoms with van der Waals surface area (Å²) in [5.41, 5.74) is 7.66. The molecule has 1 aromatic carbocycles.